The smallest absolute Gasteiger partial charge is 0.306 e. The van der Waals surface area contributed by atoms with Crippen LogP contribution in [0.5, 0.6) is 0 Å². The molecule has 0 fully saturated rings. The lowest BCUT2D eigenvalue weighted by molar-refractivity contribution is -0.141. The average molecular weight is 277 g/mol. The molecule has 0 saturated carbocycles. The number of nitrogens with one attached hydrogen (secondary N) is 1. The third kappa shape index (κ3) is 4.58. The summed E-state index contributed by atoms with van der Waals surface area (Å²) in [7, 11) is 1.26. The highest BCUT2D eigenvalue weighted by atomic mass is 35.5. The number of hydrogen-bond acceptors (Lipinski definition) is 4. The molecule has 0 aliphatic heterocycles. The number of hydrogen-bond donors (Lipinski definition) is 1. The molecule has 0 radical (unpaired) electrons. The predicted molar refractivity (Wildman–Crippen MR) is 64.1 cm³/mol. The first-order valence-electron chi connectivity index (χ1n) is 4.70. The van der Waals surface area contributed by atoms with Crippen molar-refractivity contribution in [2.45, 2.75) is 12.8 Å². The largest absolute Gasteiger partial charge is 0.469 e. The van der Waals surface area contributed by atoms with Gasteiger partial charge < -0.3 is 10.1 Å². The van der Waals surface area contributed by atoms with Crippen molar-refractivity contribution in [3.63, 3.8) is 0 Å². The number of anilines is 1. The van der Waals surface area contributed by atoms with Gasteiger partial charge in [-0.1, -0.05) is 23.2 Å². The number of methoxy groups -OCH3 is 1. The van der Waals surface area contributed by atoms with Gasteiger partial charge in [-0.25, -0.2) is 4.98 Å². The van der Waals surface area contributed by atoms with E-state index in [0.29, 0.717) is 5.02 Å². The monoisotopic (exact) mass is 276 g/mol. The Hall–Kier alpha value is -1.33. The first-order valence-corrected chi connectivity index (χ1v) is 5.46. The van der Waals surface area contributed by atoms with Crippen LogP contribution in [0.1, 0.15) is 12.8 Å². The van der Waals surface area contributed by atoms with Gasteiger partial charge in [-0.3, -0.25) is 9.59 Å². The van der Waals surface area contributed by atoms with Crippen LogP contribution in [0.2, 0.25) is 10.0 Å². The van der Waals surface area contributed by atoms with Gasteiger partial charge in [0, 0.05) is 12.6 Å². The van der Waals surface area contributed by atoms with Crippen LogP contribution in [0.3, 0.4) is 0 Å². The van der Waals surface area contributed by atoms with Gasteiger partial charge in [-0.2, -0.15) is 0 Å². The number of pyridine rings is 1. The second-order valence-corrected chi connectivity index (χ2v) is 3.95. The molecule has 1 N–H and O–H groups in total. The molecular weight excluding hydrogens is 267 g/mol. The maximum atomic E-state index is 11.4. The number of halogens is 2. The van der Waals surface area contributed by atoms with Crippen molar-refractivity contribution in [2.24, 2.45) is 0 Å². The highest BCUT2D eigenvalue weighted by Gasteiger charge is 2.10. The Morgan fingerprint density at radius 1 is 1.41 bits per heavy atom. The van der Waals surface area contributed by atoms with Crippen molar-refractivity contribution in [3.8, 4) is 0 Å². The Morgan fingerprint density at radius 2 is 2.12 bits per heavy atom. The lowest BCUT2D eigenvalue weighted by Gasteiger charge is -2.05. The summed E-state index contributed by atoms with van der Waals surface area (Å²) in [5.74, 6) is -0.603. The Morgan fingerprint density at radius 3 is 2.71 bits per heavy atom. The van der Waals surface area contributed by atoms with Crippen LogP contribution in [-0.4, -0.2) is 24.0 Å². The van der Waals surface area contributed by atoms with Crippen molar-refractivity contribution >= 4 is 40.9 Å². The summed E-state index contributed by atoms with van der Waals surface area (Å²) >= 11 is 11.5. The molecule has 0 bridgehead atoms. The molecule has 0 saturated heterocycles. The van der Waals surface area contributed by atoms with Gasteiger partial charge in [0.2, 0.25) is 5.91 Å². The van der Waals surface area contributed by atoms with E-state index in [4.69, 9.17) is 23.2 Å². The molecule has 17 heavy (non-hydrogen) atoms. The van der Waals surface area contributed by atoms with Crippen LogP contribution in [0.4, 0.5) is 5.82 Å². The number of aromatic nitrogens is 1. The second-order valence-electron chi connectivity index (χ2n) is 3.11. The molecule has 0 aromatic carbocycles. The predicted octanol–water partition coefficient (Wildman–Crippen LogP) is 2.28. The van der Waals surface area contributed by atoms with E-state index < -0.39 is 5.97 Å². The number of carbonyl (C=O) groups excluding carboxylic acids is 2. The van der Waals surface area contributed by atoms with Crippen LogP contribution in [0.25, 0.3) is 0 Å². The Balaban J connectivity index is 2.53. The molecule has 0 unspecified atom stereocenters. The van der Waals surface area contributed by atoms with E-state index in [1.807, 2.05) is 0 Å². The van der Waals surface area contributed by atoms with Crippen molar-refractivity contribution in [1.29, 1.82) is 0 Å². The second kappa shape index (κ2) is 6.42. The Kier molecular flexibility index (Phi) is 5.18. The van der Waals surface area contributed by atoms with E-state index in [-0.39, 0.29) is 29.6 Å². The summed E-state index contributed by atoms with van der Waals surface area (Å²) in [5, 5.41) is 3.09. The van der Waals surface area contributed by atoms with E-state index in [9.17, 15) is 9.59 Å². The molecule has 1 aromatic rings. The highest BCUT2D eigenvalue weighted by Crippen LogP contribution is 2.22. The highest BCUT2D eigenvalue weighted by molar-refractivity contribution is 6.36. The molecule has 1 heterocycles. The van der Waals surface area contributed by atoms with Gasteiger partial charge in [0.25, 0.3) is 0 Å². The first kappa shape index (κ1) is 13.7. The van der Waals surface area contributed by atoms with Gasteiger partial charge in [0.05, 0.1) is 23.6 Å². The molecule has 1 amide bonds. The van der Waals surface area contributed by atoms with Crippen LogP contribution in [0.15, 0.2) is 12.3 Å². The van der Waals surface area contributed by atoms with E-state index in [1.54, 1.807) is 0 Å². The van der Waals surface area contributed by atoms with Gasteiger partial charge in [-0.15, -0.1) is 0 Å². The number of nitrogens with zero attached hydrogens (tertiary/aromatic N) is 1. The SMILES string of the molecule is COC(=O)CCC(=O)Nc1ncc(Cl)cc1Cl. The van der Waals surface area contributed by atoms with Gasteiger partial charge in [0.15, 0.2) is 5.82 Å². The number of esters is 1. The topological polar surface area (TPSA) is 68.3 Å². The van der Waals surface area contributed by atoms with Crippen LogP contribution >= 0.6 is 23.2 Å². The fourth-order valence-electron chi connectivity index (χ4n) is 1.02. The number of amides is 1. The Labute approximate surface area is 108 Å². The molecule has 1 aromatic heterocycles. The van der Waals surface area contributed by atoms with E-state index in [0.717, 1.165) is 0 Å². The maximum absolute atomic E-state index is 11.4. The third-order valence-corrected chi connectivity index (χ3v) is 2.34. The fraction of sp³-hybridized carbons (Fsp3) is 0.300. The summed E-state index contributed by atoms with van der Waals surface area (Å²) in [4.78, 5) is 26.1. The minimum atomic E-state index is -0.449. The summed E-state index contributed by atoms with van der Waals surface area (Å²) < 4.78 is 4.41. The number of carbonyl (C=O) groups is 2. The van der Waals surface area contributed by atoms with Crippen LogP contribution < -0.4 is 5.32 Å². The quantitative estimate of drug-likeness (QED) is 0.857. The minimum Gasteiger partial charge on any atom is -0.469 e. The molecule has 0 aliphatic rings. The molecular formula is C10H10Cl2N2O3. The van der Waals surface area contributed by atoms with Crippen LogP contribution in [-0.2, 0) is 14.3 Å². The molecule has 0 atom stereocenters. The van der Waals surface area contributed by atoms with Crippen molar-refractivity contribution in [2.75, 3.05) is 12.4 Å². The van der Waals surface area contributed by atoms with Crippen LogP contribution in [0, 0.1) is 0 Å². The first-order chi connectivity index (χ1) is 8.02. The summed E-state index contributed by atoms with van der Waals surface area (Å²) in [6, 6.07) is 1.46. The van der Waals surface area contributed by atoms with Gasteiger partial charge in [-0.05, 0) is 6.07 Å². The molecule has 92 valence electrons. The number of rotatable bonds is 4. The van der Waals surface area contributed by atoms with E-state index in [1.165, 1.54) is 19.4 Å². The fourth-order valence-corrected chi connectivity index (χ4v) is 1.45. The molecule has 7 heteroatoms. The maximum Gasteiger partial charge on any atom is 0.306 e. The van der Waals surface area contributed by atoms with Crippen molar-refractivity contribution in [3.05, 3.63) is 22.3 Å². The molecule has 0 aliphatic carbocycles. The molecule has 1 rings (SSSR count). The number of ether oxygens (including phenoxy) is 1. The summed E-state index contributed by atoms with van der Waals surface area (Å²) in [5.41, 5.74) is 0. The van der Waals surface area contributed by atoms with E-state index >= 15 is 0 Å². The molecule has 5 nitrogen and oxygen atoms in total. The lowest BCUT2D eigenvalue weighted by atomic mass is 10.3. The lowest BCUT2D eigenvalue weighted by Crippen LogP contribution is -2.15. The average Bonchev–Trinajstić information content (AvgIpc) is 2.29. The van der Waals surface area contributed by atoms with Crippen molar-refractivity contribution < 1.29 is 14.3 Å². The normalized spacial score (nSPS) is 9.82. The zero-order valence-corrected chi connectivity index (χ0v) is 10.5. The standard InChI is InChI=1S/C10H10Cl2N2O3/c1-17-9(16)3-2-8(15)14-10-7(12)4-6(11)5-13-10/h4-5H,2-3H2,1H3,(H,13,14,15). The van der Waals surface area contributed by atoms with Crippen molar-refractivity contribution in [1.82, 2.24) is 4.98 Å². The van der Waals surface area contributed by atoms with Gasteiger partial charge >= 0.3 is 5.97 Å². The summed E-state index contributed by atoms with van der Waals surface area (Å²) in [6.45, 7) is 0. The minimum absolute atomic E-state index is 0.00725. The third-order valence-electron chi connectivity index (χ3n) is 1.85. The zero-order valence-electron chi connectivity index (χ0n) is 9.00. The summed E-state index contributed by atoms with van der Waals surface area (Å²) in [6.07, 6.45) is 1.38. The zero-order chi connectivity index (χ0) is 12.8. The molecule has 0 spiro atoms. The Bertz CT molecular complexity index is 438. The van der Waals surface area contributed by atoms with E-state index in [2.05, 4.69) is 15.0 Å². The van der Waals surface area contributed by atoms with Gasteiger partial charge in [0.1, 0.15) is 0 Å².